The van der Waals surface area contributed by atoms with E-state index in [2.05, 4.69) is 59.1 Å². The number of nitrogens with one attached hydrogen (secondary N) is 1. The third kappa shape index (κ3) is 6.26. The van der Waals surface area contributed by atoms with E-state index in [1.165, 1.54) is 6.08 Å². The fourth-order valence-corrected chi connectivity index (χ4v) is 4.84. The first kappa shape index (κ1) is 27.0. The molecule has 4 aromatic carbocycles. The van der Waals surface area contributed by atoms with Crippen molar-refractivity contribution < 1.29 is 19.0 Å². The number of nitrogens with zero attached hydrogens (tertiary/aromatic N) is 1. The summed E-state index contributed by atoms with van der Waals surface area (Å²) < 4.78 is 18.1. The molecule has 4 aromatic rings. The van der Waals surface area contributed by atoms with Crippen LogP contribution in [0.15, 0.2) is 78.4 Å². The molecule has 7 heteroatoms. The van der Waals surface area contributed by atoms with Crippen molar-refractivity contribution in [3.05, 3.63) is 98.6 Å². The van der Waals surface area contributed by atoms with Crippen LogP contribution in [-0.2, 0) is 11.4 Å². The number of fused-ring (bicyclic) bond motifs is 1. The third-order valence-electron chi connectivity index (χ3n) is 5.99. The maximum Gasteiger partial charge on any atom is 0.266 e. The Labute approximate surface area is 236 Å². The minimum Gasteiger partial charge on any atom is -0.494 e. The smallest absolute Gasteiger partial charge is 0.266 e. The molecule has 4 rings (SSSR count). The van der Waals surface area contributed by atoms with Crippen LogP contribution in [0, 0.1) is 21.8 Å². The number of anilines is 1. The third-order valence-corrected chi connectivity index (χ3v) is 6.79. The van der Waals surface area contributed by atoms with E-state index < -0.39 is 5.91 Å². The Morgan fingerprint density at radius 1 is 1.05 bits per heavy atom. The summed E-state index contributed by atoms with van der Waals surface area (Å²) in [6.45, 7) is 4.91. The van der Waals surface area contributed by atoms with E-state index in [-0.39, 0.29) is 5.57 Å². The lowest BCUT2D eigenvalue weighted by Crippen LogP contribution is -2.13. The van der Waals surface area contributed by atoms with E-state index in [0.29, 0.717) is 41.7 Å². The standard InChI is InChI=1S/C31H27IN2O4/c1-4-37-25-13-11-24(12-14-25)34-31(35)23(18-33)15-21-16-28(32)30(29(17-21)36-3)38-19-27-20(2)9-10-22-7-5-6-8-26(22)27/h5-17H,4,19H2,1-3H3,(H,34,35)/b23-15+. The van der Waals surface area contributed by atoms with Gasteiger partial charge in [0.1, 0.15) is 24.0 Å². The zero-order chi connectivity index (χ0) is 27.1. The van der Waals surface area contributed by atoms with Crippen molar-refractivity contribution in [2.24, 2.45) is 0 Å². The molecule has 1 amide bonds. The van der Waals surface area contributed by atoms with Gasteiger partial charge in [-0.05, 0) is 101 Å². The zero-order valence-electron chi connectivity index (χ0n) is 21.4. The maximum atomic E-state index is 12.8. The number of rotatable bonds is 9. The van der Waals surface area contributed by atoms with Crippen LogP contribution in [0.3, 0.4) is 0 Å². The number of nitriles is 1. The van der Waals surface area contributed by atoms with E-state index in [1.54, 1.807) is 37.4 Å². The summed E-state index contributed by atoms with van der Waals surface area (Å²) in [4.78, 5) is 12.8. The number of ether oxygens (including phenoxy) is 3. The topological polar surface area (TPSA) is 80.6 Å². The molecule has 38 heavy (non-hydrogen) atoms. The summed E-state index contributed by atoms with van der Waals surface area (Å²) in [5.41, 5.74) is 3.45. The Bertz CT molecular complexity index is 1540. The Balaban J connectivity index is 1.55. The van der Waals surface area contributed by atoms with Crippen molar-refractivity contribution in [3.63, 3.8) is 0 Å². The van der Waals surface area contributed by atoms with Crippen molar-refractivity contribution >= 4 is 51.0 Å². The quantitative estimate of drug-likeness (QED) is 0.121. The largest absolute Gasteiger partial charge is 0.494 e. The summed E-state index contributed by atoms with van der Waals surface area (Å²) in [7, 11) is 1.57. The van der Waals surface area contributed by atoms with Crippen LogP contribution in [0.5, 0.6) is 17.2 Å². The van der Waals surface area contributed by atoms with Gasteiger partial charge in [-0.1, -0.05) is 36.4 Å². The van der Waals surface area contributed by atoms with E-state index in [1.807, 2.05) is 31.2 Å². The van der Waals surface area contributed by atoms with Crippen LogP contribution in [-0.4, -0.2) is 19.6 Å². The summed E-state index contributed by atoms with van der Waals surface area (Å²) in [6.07, 6.45) is 1.53. The molecule has 0 heterocycles. The van der Waals surface area contributed by atoms with Crippen molar-refractivity contribution in [2.75, 3.05) is 19.0 Å². The minimum atomic E-state index is -0.502. The van der Waals surface area contributed by atoms with Gasteiger partial charge in [0.05, 0.1) is 17.3 Å². The highest BCUT2D eigenvalue weighted by atomic mass is 127. The van der Waals surface area contributed by atoms with Crippen molar-refractivity contribution in [2.45, 2.75) is 20.5 Å². The number of aryl methyl sites for hydroxylation is 1. The fraction of sp³-hybridized carbons (Fsp3) is 0.161. The lowest BCUT2D eigenvalue weighted by atomic mass is 10.0. The van der Waals surface area contributed by atoms with Crippen molar-refractivity contribution in [3.8, 4) is 23.3 Å². The van der Waals surface area contributed by atoms with Crippen LogP contribution in [0.4, 0.5) is 5.69 Å². The van der Waals surface area contributed by atoms with Crippen LogP contribution in [0.25, 0.3) is 16.8 Å². The normalized spacial score (nSPS) is 11.1. The maximum absolute atomic E-state index is 12.8. The Morgan fingerprint density at radius 3 is 2.53 bits per heavy atom. The van der Waals surface area contributed by atoms with E-state index in [4.69, 9.17) is 14.2 Å². The van der Waals surface area contributed by atoms with E-state index >= 15 is 0 Å². The molecule has 0 atom stereocenters. The van der Waals surface area contributed by atoms with Crippen LogP contribution < -0.4 is 19.5 Å². The Kier molecular flexibility index (Phi) is 8.87. The van der Waals surface area contributed by atoms with Crippen LogP contribution in [0.1, 0.15) is 23.6 Å². The SMILES string of the molecule is CCOc1ccc(NC(=O)/C(C#N)=C/c2cc(I)c(OCc3c(C)ccc4ccccc34)c(OC)c2)cc1. The van der Waals surface area contributed by atoms with Gasteiger partial charge in [-0.15, -0.1) is 0 Å². The van der Waals surface area contributed by atoms with Gasteiger partial charge in [0.2, 0.25) is 0 Å². The second-order valence-electron chi connectivity index (χ2n) is 8.49. The Morgan fingerprint density at radius 2 is 1.82 bits per heavy atom. The van der Waals surface area contributed by atoms with Gasteiger partial charge >= 0.3 is 0 Å². The number of benzene rings is 4. The molecule has 0 bridgehead atoms. The van der Waals surface area contributed by atoms with Gasteiger partial charge in [0.15, 0.2) is 11.5 Å². The number of carbonyl (C=O) groups is 1. The molecule has 0 fully saturated rings. The second kappa shape index (κ2) is 12.5. The predicted octanol–water partition coefficient (Wildman–Crippen LogP) is 7.28. The van der Waals surface area contributed by atoms with Crippen molar-refractivity contribution in [1.29, 1.82) is 5.26 Å². The van der Waals surface area contributed by atoms with Crippen molar-refractivity contribution in [1.82, 2.24) is 0 Å². The molecule has 192 valence electrons. The lowest BCUT2D eigenvalue weighted by Gasteiger charge is -2.16. The number of methoxy groups -OCH3 is 1. The summed E-state index contributed by atoms with van der Waals surface area (Å²) in [5.74, 6) is 1.33. The highest BCUT2D eigenvalue weighted by molar-refractivity contribution is 14.1. The number of hydrogen-bond donors (Lipinski definition) is 1. The molecule has 0 saturated carbocycles. The van der Waals surface area contributed by atoms with E-state index in [9.17, 15) is 10.1 Å². The Hall–Kier alpha value is -4.03. The molecule has 6 nitrogen and oxygen atoms in total. The summed E-state index contributed by atoms with van der Waals surface area (Å²) in [5, 5.41) is 14.7. The van der Waals surface area contributed by atoms with Gasteiger partial charge < -0.3 is 19.5 Å². The fourth-order valence-electron chi connectivity index (χ4n) is 4.06. The van der Waals surface area contributed by atoms with Gasteiger partial charge in [0, 0.05) is 11.3 Å². The molecule has 0 saturated heterocycles. The van der Waals surface area contributed by atoms with E-state index in [0.717, 1.165) is 25.5 Å². The molecule has 0 spiro atoms. The number of halogens is 1. The molecule has 0 aromatic heterocycles. The molecule has 0 unspecified atom stereocenters. The van der Waals surface area contributed by atoms with Crippen LogP contribution >= 0.6 is 22.6 Å². The monoisotopic (exact) mass is 618 g/mol. The summed E-state index contributed by atoms with van der Waals surface area (Å²) in [6, 6.07) is 25.0. The van der Waals surface area contributed by atoms with Gasteiger partial charge in [-0.2, -0.15) is 5.26 Å². The average Bonchev–Trinajstić information content (AvgIpc) is 2.92. The average molecular weight is 618 g/mol. The molecular weight excluding hydrogens is 591 g/mol. The molecule has 0 aliphatic carbocycles. The predicted molar refractivity (Wildman–Crippen MR) is 159 cm³/mol. The lowest BCUT2D eigenvalue weighted by molar-refractivity contribution is -0.112. The zero-order valence-corrected chi connectivity index (χ0v) is 23.5. The van der Waals surface area contributed by atoms with Gasteiger partial charge in [0.25, 0.3) is 5.91 Å². The summed E-state index contributed by atoms with van der Waals surface area (Å²) >= 11 is 2.18. The highest BCUT2D eigenvalue weighted by Gasteiger charge is 2.15. The highest BCUT2D eigenvalue weighted by Crippen LogP contribution is 2.36. The number of hydrogen-bond acceptors (Lipinski definition) is 5. The first-order valence-electron chi connectivity index (χ1n) is 12.1. The molecule has 0 aliphatic rings. The first-order valence-corrected chi connectivity index (χ1v) is 13.1. The van der Waals surface area contributed by atoms with Gasteiger partial charge in [-0.25, -0.2) is 0 Å². The number of carbonyl (C=O) groups excluding carboxylic acids is 1. The number of amides is 1. The van der Waals surface area contributed by atoms with Gasteiger partial charge in [-0.3, -0.25) is 4.79 Å². The molecule has 0 aliphatic heterocycles. The molecular formula is C31H27IN2O4. The minimum absolute atomic E-state index is 0.0308. The molecule has 0 radical (unpaired) electrons. The second-order valence-corrected chi connectivity index (χ2v) is 9.65. The first-order chi connectivity index (χ1) is 18.4. The van der Waals surface area contributed by atoms with Crippen LogP contribution in [0.2, 0.25) is 0 Å². The molecule has 1 N–H and O–H groups in total.